The Labute approximate surface area is 129 Å². The summed E-state index contributed by atoms with van der Waals surface area (Å²) in [7, 11) is 0. The second kappa shape index (κ2) is 5.78. The zero-order valence-corrected chi connectivity index (χ0v) is 13.4. The number of fused-ring (bicyclic) bond motifs is 1. The van der Waals surface area contributed by atoms with Crippen LogP contribution in [0, 0.1) is 0 Å². The normalized spacial score (nSPS) is 14.1. The minimum atomic E-state index is -2.63. The molecule has 0 radical (unpaired) electrons. The predicted octanol–water partition coefficient (Wildman–Crippen LogP) is 5.46. The molecule has 3 nitrogen and oxygen atoms in total. The molecule has 7 heteroatoms. The number of oxazole rings is 1. The third-order valence-corrected chi connectivity index (χ3v) is 6.47. The van der Waals surface area contributed by atoms with Crippen LogP contribution in [0.4, 0.5) is 0 Å². The van der Waals surface area contributed by atoms with Crippen LogP contribution in [0.1, 0.15) is 0 Å². The van der Waals surface area contributed by atoms with E-state index in [1.54, 1.807) is 0 Å². The molecule has 0 amide bonds. The Balaban J connectivity index is 1.80. The van der Waals surface area contributed by atoms with E-state index in [9.17, 15) is 0 Å². The van der Waals surface area contributed by atoms with Crippen molar-refractivity contribution in [1.82, 2.24) is 4.98 Å². The van der Waals surface area contributed by atoms with Crippen molar-refractivity contribution in [2.24, 2.45) is 0 Å². The Hall–Kier alpha value is -1.00. The molecule has 1 atom stereocenters. The minimum absolute atomic E-state index is 0.431. The van der Waals surface area contributed by atoms with Gasteiger partial charge in [-0.3, -0.25) is 0 Å². The molecule has 3 aromatic rings. The Kier molecular flexibility index (Phi) is 4.03. The standard InChI is InChI=1S/C13H9ClNO2PS2/c14-18(19,17-10-6-2-1-3-7-10)20-13-15-11-8-4-5-9-12(11)16-13/h1-9H. The first-order valence-corrected chi connectivity index (χ1v) is 10.8. The third-order valence-electron chi connectivity index (χ3n) is 2.42. The van der Waals surface area contributed by atoms with Gasteiger partial charge in [-0.1, -0.05) is 30.3 Å². The van der Waals surface area contributed by atoms with Crippen LogP contribution >= 0.6 is 27.4 Å². The minimum Gasteiger partial charge on any atom is -0.444 e. The van der Waals surface area contributed by atoms with E-state index in [4.69, 9.17) is 32.0 Å². The molecule has 20 heavy (non-hydrogen) atoms. The van der Waals surface area contributed by atoms with E-state index in [0.29, 0.717) is 16.6 Å². The van der Waals surface area contributed by atoms with Gasteiger partial charge in [-0.15, -0.1) is 0 Å². The summed E-state index contributed by atoms with van der Waals surface area (Å²) in [5.74, 6) is 0.648. The molecule has 3 rings (SSSR count). The molecule has 0 saturated carbocycles. The van der Waals surface area contributed by atoms with Crippen molar-refractivity contribution >= 4 is 50.3 Å². The second-order valence-corrected chi connectivity index (χ2v) is 12.4. The summed E-state index contributed by atoms with van der Waals surface area (Å²) >= 11 is 12.8. The summed E-state index contributed by atoms with van der Waals surface area (Å²) in [6, 6.07) is 16.8. The number of rotatable bonds is 4. The van der Waals surface area contributed by atoms with Gasteiger partial charge in [-0.05, 0) is 47.3 Å². The Morgan fingerprint density at radius 1 is 1.10 bits per heavy atom. The number of hydrogen-bond donors (Lipinski definition) is 0. The van der Waals surface area contributed by atoms with Crippen molar-refractivity contribution in [2.75, 3.05) is 0 Å². The van der Waals surface area contributed by atoms with Crippen molar-refractivity contribution in [2.45, 2.75) is 5.22 Å². The molecule has 1 heterocycles. The first kappa shape index (κ1) is 14.0. The number of hydrogen-bond acceptors (Lipinski definition) is 5. The van der Waals surface area contributed by atoms with Crippen LogP contribution in [0.15, 0.2) is 64.2 Å². The van der Waals surface area contributed by atoms with Crippen molar-refractivity contribution < 1.29 is 8.94 Å². The molecular weight excluding hydrogens is 333 g/mol. The maximum Gasteiger partial charge on any atom is 0.266 e. The lowest BCUT2D eigenvalue weighted by atomic mass is 10.3. The molecule has 0 aliphatic carbocycles. The zero-order valence-electron chi connectivity index (χ0n) is 10.1. The van der Waals surface area contributed by atoms with Crippen molar-refractivity contribution in [3.05, 3.63) is 54.6 Å². The maximum absolute atomic E-state index is 6.30. The average molecular weight is 342 g/mol. The first-order valence-electron chi connectivity index (χ1n) is 5.72. The van der Waals surface area contributed by atoms with Gasteiger partial charge in [-0.25, -0.2) is 4.98 Å². The van der Waals surface area contributed by atoms with Gasteiger partial charge in [0.05, 0.1) is 0 Å². The van der Waals surface area contributed by atoms with E-state index in [1.807, 2.05) is 54.6 Å². The summed E-state index contributed by atoms with van der Waals surface area (Å²) in [6.45, 7) is 0. The average Bonchev–Trinajstić information content (AvgIpc) is 2.80. The van der Waals surface area contributed by atoms with Crippen molar-refractivity contribution in [3.8, 4) is 5.75 Å². The Bertz CT molecular complexity index is 745. The number of benzene rings is 2. The van der Waals surface area contributed by atoms with Crippen molar-refractivity contribution in [1.29, 1.82) is 0 Å². The first-order chi connectivity index (χ1) is 9.62. The lowest BCUT2D eigenvalue weighted by molar-refractivity contribution is 0.491. The highest BCUT2D eigenvalue weighted by atomic mass is 35.7. The number of nitrogens with zero attached hydrogens (tertiary/aromatic N) is 1. The monoisotopic (exact) mass is 341 g/mol. The van der Waals surface area contributed by atoms with Crippen LogP contribution in [0.3, 0.4) is 0 Å². The molecule has 2 aromatic carbocycles. The van der Waals surface area contributed by atoms with Gasteiger partial charge >= 0.3 is 0 Å². The summed E-state index contributed by atoms with van der Waals surface area (Å²) in [5, 5.41) is 0.431. The molecule has 0 fully saturated rings. The SMILES string of the molecule is S=P(Cl)(Oc1ccccc1)Sc1nc2ccccc2o1. The largest absolute Gasteiger partial charge is 0.444 e. The van der Waals surface area contributed by atoms with Gasteiger partial charge in [0.2, 0.25) is 0 Å². The summed E-state index contributed by atoms with van der Waals surface area (Å²) in [6.07, 6.45) is 0. The van der Waals surface area contributed by atoms with Gasteiger partial charge in [0, 0.05) is 11.4 Å². The molecule has 0 bridgehead atoms. The van der Waals surface area contributed by atoms with E-state index in [-0.39, 0.29) is 0 Å². The van der Waals surface area contributed by atoms with Gasteiger partial charge in [-0.2, -0.15) is 0 Å². The zero-order chi connectivity index (χ0) is 14.0. The lowest BCUT2D eigenvalue weighted by Gasteiger charge is -2.13. The molecule has 1 unspecified atom stereocenters. The van der Waals surface area contributed by atoms with Crippen LogP contribution in [-0.2, 0) is 11.8 Å². The van der Waals surface area contributed by atoms with Crippen LogP contribution < -0.4 is 4.52 Å². The highest BCUT2D eigenvalue weighted by Gasteiger charge is 2.22. The van der Waals surface area contributed by atoms with Gasteiger partial charge in [0.15, 0.2) is 5.58 Å². The Morgan fingerprint density at radius 2 is 1.80 bits per heavy atom. The smallest absolute Gasteiger partial charge is 0.266 e. The van der Waals surface area contributed by atoms with E-state index >= 15 is 0 Å². The molecule has 0 saturated heterocycles. The summed E-state index contributed by atoms with van der Waals surface area (Å²) in [5.41, 5.74) is 1.49. The van der Waals surface area contributed by atoms with Crippen LogP contribution in [-0.4, -0.2) is 4.98 Å². The topological polar surface area (TPSA) is 35.3 Å². The van der Waals surface area contributed by atoms with Crippen LogP contribution in [0.5, 0.6) is 5.75 Å². The summed E-state index contributed by atoms with van der Waals surface area (Å²) in [4.78, 5) is 1.71. The third kappa shape index (κ3) is 3.36. The number of halogens is 1. The van der Waals surface area contributed by atoms with E-state index in [1.165, 1.54) is 0 Å². The second-order valence-electron chi connectivity index (χ2n) is 3.87. The molecule has 0 aliphatic rings. The van der Waals surface area contributed by atoms with Crippen LogP contribution in [0.25, 0.3) is 11.1 Å². The molecule has 0 spiro atoms. The fourth-order valence-corrected chi connectivity index (χ4v) is 5.24. The van der Waals surface area contributed by atoms with E-state index in [0.717, 1.165) is 16.9 Å². The Morgan fingerprint density at radius 3 is 2.55 bits per heavy atom. The highest BCUT2D eigenvalue weighted by molar-refractivity contribution is 8.76. The van der Waals surface area contributed by atoms with Crippen molar-refractivity contribution in [3.63, 3.8) is 0 Å². The number of para-hydroxylation sites is 3. The van der Waals surface area contributed by atoms with E-state index in [2.05, 4.69) is 4.98 Å². The predicted molar refractivity (Wildman–Crippen MR) is 87.1 cm³/mol. The number of aromatic nitrogens is 1. The quantitative estimate of drug-likeness (QED) is 0.588. The summed E-state index contributed by atoms with van der Waals surface area (Å²) < 4.78 is 11.2. The highest BCUT2D eigenvalue weighted by Crippen LogP contribution is 2.66. The van der Waals surface area contributed by atoms with E-state index < -0.39 is 4.82 Å². The van der Waals surface area contributed by atoms with Gasteiger partial charge in [0.25, 0.3) is 10.0 Å². The maximum atomic E-state index is 6.30. The molecular formula is C13H9ClNO2PS2. The van der Waals surface area contributed by atoms with Gasteiger partial charge < -0.3 is 8.94 Å². The fourth-order valence-electron chi connectivity index (χ4n) is 1.61. The lowest BCUT2D eigenvalue weighted by Crippen LogP contribution is -1.83. The van der Waals surface area contributed by atoms with Gasteiger partial charge in [0.1, 0.15) is 11.3 Å². The molecule has 102 valence electrons. The molecule has 1 aromatic heterocycles. The van der Waals surface area contributed by atoms with Crippen LogP contribution in [0.2, 0.25) is 0 Å². The molecule has 0 aliphatic heterocycles. The molecule has 0 N–H and O–H groups in total. The fraction of sp³-hybridized carbons (Fsp3) is 0.